The van der Waals surface area contributed by atoms with Crippen LogP contribution in [0.2, 0.25) is 0 Å². The topological polar surface area (TPSA) is 81.3 Å². The number of fused-ring (bicyclic) bond motifs is 1. The molecular weight excluding hydrogens is 382 g/mol. The molecular formula is C18H17N5O2S2. The second-order valence-electron chi connectivity index (χ2n) is 6.09. The second kappa shape index (κ2) is 7.09. The Hall–Kier alpha value is -2.78. The number of carbonyl (C=O) groups excluding carboxylic acids is 1. The van der Waals surface area contributed by atoms with Crippen LogP contribution < -0.4 is 10.9 Å². The fraction of sp³-hybridized carbons (Fsp3) is 0.222. The van der Waals surface area contributed by atoms with Crippen molar-refractivity contribution >= 4 is 33.5 Å². The lowest BCUT2D eigenvalue weighted by atomic mass is 10.3. The first kappa shape index (κ1) is 17.6. The van der Waals surface area contributed by atoms with Gasteiger partial charge in [0, 0.05) is 48.2 Å². The van der Waals surface area contributed by atoms with E-state index in [1.807, 2.05) is 41.4 Å². The Morgan fingerprint density at radius 2 is 2.00 bits per heavy atom. The number of nitrogens with one attached hydrogen (secondary N) is 1. The van der Waals surface area contributed by atoms with E-state index in [1.54, 1.807) is 11.3 Å². The third-order valence-electron chi connectivity index (χ3n) is 4.09. The number of carbonyl (C=O) groups is 1. The largest absolute Gasteiger partial charge is 0.351 e. The van der Waals surface area contributed by atoms with Gasteiger partial charge in [-0.2, -0.15) is 0 Å². The Morgan fingerprint density at radius 1 is 1.22 bits per heavy atom. The minimum absolute atomic E-state index is 0.0882. The number of rotatable bonds is 5. The van der Waals surface area contributed by atoms with Crippen molar-refractivity contribution in [3.8, 4) is 5.13 Å². The molecule has 0 bridgehead atoms. The molecule has 9 heteroatoms. The van der Waals surface area contributed by atoms with Crippen molar-refractivity contribution in [3.63, 3.8) is 0 Å². The molecule has 27 heavy (non-hydrogen) atoms. The summed E-state index contributed by atoms with van der Waals surface area (Å²) in [5.41, 5.74) is 2.18. The Balaban J connectivity index is 1.46. The van der Waals surface area contributed by atoms with Gasteiger partial charge in [0.15, 0.2) is 10.1 Å². The molecule has 4 aromatic heterocycles. The predicted octanol–water partition coefficient (Wildman–Crippen LogP) is 2.59. The fourth-order valence-corrected chi connectivity index (χ4v) is 4.73. The number of thiazole rings is 2. The summed E-state index contributed by atoms with van der Waals surface area (Å²) in [5, 5.41) is 5.60. The molecule has 1 amide bonds. The zero-order valence-electron chi connectivity index (χ0n) is 14.8. The van der Waals surface area contributed by atoms with Crippen LogP contribution in [0, 0.1) is 13.8 Å². The van der Waals surface area contributed by atoms with E-state index in [0.717, 1.165) is 10.8 Å². The van der Waals surface area contributed by atoms with E-state index in [4.69, 9.17) is 0 Å². The van der Waals surface area contributed by atoms with Crippen LogP contribution in [0.1, 0.15) is 26.8 Å². The average Bonchev–Trinajstić information content (AvgIpc) is 3.34. The number of hydrogen-bond donors (Lipinski definition) is 1. The van der Waals surface area contributed by atoms with Crippen molar-refractivity contribution in [1.29, 1.82) is 0 Å². The highest BCUT2D eigenvalue weighted by atomic mass is 32.1. The lowest BCUT2D eigenvalue weighted by Gasteiger charge is -2.04. The lowest BCUT2D eigenvalue weighted by molar-refractivity contribution is 0.0957. The molecule has 0 aliphatic rings. The van der Waals surface area contributed by atoms with E-state index in [0.29, 0.717) is 34.2 Å². The molecule has 0 radical (unpaired) electrons. The van der Waals surface area contributed by atoms with Gasteiger partial charge in [-0.1, -0.05) is 11.3 Å². The Morgan fingerprint density at radius 3 is 2.78 bits per heavy atom. The molecule has 138 valence electrons. The van der Waals surface area contributed by atoms with Crippen molar-refractivity contribution in [1.82, 2.24) is 24.3 Å². The molecule has 1 N–H and O–H groups in total. The van der Waals surface area contributed by atoms with Gasteiger partial charge in [-0.05, 0) is 26.0 Å². The van der Waals surface area contributed by atoms with Gasteiger partial charge >= 0.3 is 0 Å². The highest BCUT2D eigenvalue weighted by Crippen LogP contribution is 2.21. The summed E-state index contributed by atoms with van der Waals surface area (Å²) in [5.74, 6) is -0.149. The summed E-state index contributed by atoms with van der Waals surface area (Å²) in [6.45, 7) is 4.07. The summed E-state index contributed by atoms with van der Waals surface area (Å²) in [7, 11) is 0. The Kier molecular flexibility index (Phi) is 4.63. The smallest absolute Gasteiger partial charge is 0.263 e. The summed E-state index contributed by atoms with van der Waals surface area (Å²) in [6.07, 6.45) is 4.35. The van der Waals surface area contributed by atoms with Gasteiger partial charge in [-0.25, -0.2) is 9.97 Å². The van der Waals surface area contributed by atoms with E-state index in [-0.39, 0.29) is 11.5 Å². The van der Waals surface area contributed by atoms with Gasteiger partial charge in [0.1, 0.15) is 4.88 Å². The van der Waals surface area contributed by atoms with Crippen LogP contribution in [0.15, 0.2) is 40.8 Å². The normalized spacial score (nSPS) is 11.2. The van der Waals surface area contributed by atoms with Gasteiger partial charge < -0.3 is 9.88 Å². The van der Waals surface area contributed by atoms with Crippen LogP contribution in [0.5, 0.6) is 0 Å². The highest BCUT2D eigenvalue weighted by Gasteiger charge is 2.16. The first-order valence-corrected chi connectivity index (χ1v) is 10.1. The van der Waals surface area contributed by atoms with E-state index in [2.05, 4.69) is 15.3 Å². The molecule has 0 aromatic carbocycles. The Bertz CT molecular complexity index is 1170. The van der Waals surface area contributed by atoms with Crippen LogP contribution in [-0.2, 0) is 6.42 Å². The molecule has 0 atom stereocenters. The van der Waals surface area contributed by atoms with Gasteiger partial charge in [0.05, 0.1) is 5.69 Å². The van der Waals surface area contributed by atoms with Crippen LogP contribution >= 0.6 is 22.7 Å². The minimum atomic E-state index is -0.149. The standard InChI is InChI=1S/C18H17N5O2S2/c1-11-9-14(24)23-13(10-26-18(23)20-11)5-6-19-16(25)15-12(2)21-17(27-15)22-7-3-4-8-22/h3-4,7-10H,5-6H2,1-2H3,(H,19,25). The van der Waals surface area contributed by atoms with Crippen LogP contribution in [-0.4, -0.2) is 31.4 Å². The van der Waals surface area contributed by atoms with Gasteiger partial charge in [-0.15, -0.1) is 11.3 Å². The Labute approximate surface area is 163 Å². The number of amides is 1. The zero-order valence-corrected chi connectivity index (χ0v) is 16.4. The maximum atomic E-state index is 12.5. The number of nitrogens with zero attached hydrogens (tertiary/aromatic N) is 4. The molecule has 4 aromatic rings. The molecule has 0 saturated carbocycles. The summed E-state index contributed by atoms with van der Waals surface area (Å²) >= 11 is 2.79. The minimum Gasteiger partial charge on any atom is -0.351 e. The SMILES string of the molecule is Cc1cc(=O)n2c(CCNC(=O)c3sc(-n4cccc4)nc3C)csc2n1. The quantitative estimate of drug-likeness (QED) is 0.559. The van der Waals surface area contributed by atoms with Gasteiger partial charge in [0.2, 0.25) is 0 Å². The molecule has 7 nitrogen and oxygen atoms in total. The van der Waals surface area contributed by atoms with Crippen molar-refractivity contribution in [2.24, 2.45) is 0 Å². The first-order valence-electron chi connectivity index (χ1n) is 8.38. The van der Waals surface area contributed by atoms with E-state index in [1.165, 1.54) is 28.7 Å². The van der Waals surface area contributed by atoms with Crippen molar-refractivity contribution in [2.45, 2.75) is 20.3 Å². The molecule has 0 unspecified atom stereocenters. The summed E-state index contributed by atoms with van der Waals surface area (Å²) in [6, 6.07) is 5.35. The van der Waals surface area contributed by atoms with Crippen LogP contribution in [0.25, 0.3) is 10.1 Å². The molecule has 0 spiro atoms. The van der Waals surface area contributed by atoms with Crippen LogP contribution in [0.3, 0.4) is 0 Å². The van der Waals surface area contributed by atoms with E-state index < -0.39 is 0 Å². The predicted molar refractivity (Wildman–Crippen MR) is 106 cm³/mol. The fourth-order valence-electron chi connectivity index (χ4n) is 2.81. The number of aromatic nitrogens is 4. The van der Waals surface area contributed by atoms with E-state index >= 15 is 0 Å². The van der Waals surface area contributed by atoms with Gasteiger partial charge in [0.25, 0.3) is 11.5 Å². The third-order valence-corrected chi connectivity index (χ3v) is 6.13. The maximum absolute atomic E-state index is 12.5. The zero-order chi connectivity index (χ0) is 19.0. The number of aryl methyl sites for hydroxylation is 2. The number of hydrogen-bond acceptors (Lipinski definition) is 6. The van der Waals surface area contributed by atoms with Crippen molar-refractivity contribution in [2.75, 3.05) is 6.54 Å². The molecule has 0 aliphatic carbocycles. The molecule has 0 saturated heterocycles. The maximum Gasteiger partial charge on any atom is 0.263 e. The highest BCUT2D eigenvalue weighted by molar-refractivity contribution is 7.16. The lowest BCUT2D eigenvalue weighted by Crippen LogP contribution is -2.26. The molecule has 4 rings (SSSR count). The molecule has 0 fully saturated rings. The summed E-state index contributed by atoms with van der Waals surface area (Å²) in [4.78, 5) is 34.8. The van der Waals surface area contributed by atoms with Gasteiger partial charge in [-0.3, -0.25) is 14.0 Å². The molecule has 4 heterocycles. The van der Waals surface area contributed by atoms with Crippen LogP contribution in [0.4, 0.5) is 0 Å². The molecule has 0 aliphatic heterocycles. The third kappa shape index (κ3) is 3.43. The average molecular weight is 400 g/mol. The second-order valence-corrected chi connectivity index (χ2v) is 7.90. The van der Waals surface area contributed by atoms with Crippen molar-refractivity contribution < 1.29 is 4.79 Å². The van der Waals surface area contributed by atoms with Crippen molar-refractivity contribution in [3.05, 3.63) is 68.3 Å². The first-order chi connectivity index (χ1) is 13.0. The van der Waals surface area contributed by atoms with E-state index in [9.17, 15) is 9.59 Å². The monoisotopic (exact) mass is 399 g/mol. The summed E-state index contributed by atoms with van der Waals surface area (Å²) < 4.78 is 3.49.